The van der Waals surface area contributed by atoms with Gasteiger partial charge in [0.25, 0.3) is 0 Å². The minimum absolute atomic E-state index is 0.0850. The molecular formula is C20H19NO5S. The van der Waals surface area contributed by atoms with Gasteiger partial charge in [-0.05, 0) is 24.5 Å². The van der Waals surface area contributed by atoms with Crippen LogP contribution in [-0.2, 0) is 0 Å². The van der Waals surface area contributed by atoms with Crippen LogP contribution in [0.1, 0.15) is 10.4 Å². The largest absolute Gasteiger partial charge is 0.493 e. The van der Waals surface area contributed by atoms with Crippen LogP contribution in [0.5, 0.6) is 17.2 Å². The first kappa shape index (κ1) is 18.8. The van der Waals surface area contributed by atoms with E-state index in [1.807, 2.05) is 30.5 Å². The molecule has 1 N–H and O–H groups in total. The average Bonchev–Trinajstić information content (AvgIpc) is 2.71. The number of rotatable bonds is 6. The number of aromatic carboxylic acids is 1. The smallest absolute Gasteiger partial charge is 0.336 e. The number of nitrogens with zero attached hydrogens (tertiary/aromatic N) is 1. The van der Waals surface area contributed by atoms with Gasteiger partial charge in [-0.25, -0.2) is 9.78 Å². The van der Waals surface area contributed by atoms with Crippen molar-refractivity contribution in [3.05, 3.63) is 42.0 Å². The molecule has 0 saturated carbocycles. The number of aromatic nitrogens is 1. The lowest BCUT2D eigenvalue weighted by Crippen LogP contribution is -2.04. The van der Waals surface area contributed by atoms with Crippen molar-refractivity contribution in [1.29, 1.82) is 0 Å². The summed E-state index contributed by atoms with van der Waals surface area (Å²) in [7, 11) is 4.44. The molecule has 27 heavy (non-hydrogen) atoms. The molecule has 3 rings (SSSR count). The van der Waals surface area contributed by atoms with Crippen molar-refractivity contribution in [2.75, 3.05) is 27.6 Å². The minimum atomic E-state index is -1.07. The van der Waals surface area contributed by atoms with Crippen molar-refractivity contribution in [1.82, 2.24) is 4.98 Å². The van der Waals surface area contributed by atoms with E-state index < -0.39 is 5.97 Å². The Balaban J connectivity index is 2.34. The molecule has 3 aromatic rings. The lowest BCUT2D eigenvalue weighted by atomic mass is 10.0. The van der Waals surface area contributed by atoms with Gasteiger partial charge in [0.05, 0.1) is 43.5 Å². The minimum Gasteiger partial charge on any atom is -0.493 e. The van der Waals surface area contributed by atoms with Gasteiger partial charge >= 0.3 is 5.97 Å². The van der Waals surface area contributed by atoms with E-state index in [-0.39, 0.29) is 11.3 Å². The molecule has 0 saturated heterocycles. The van der Waals surface area contributed by atoms with E-state index in [1.54, 1.807) is 23.9 Å². The summed E-state index contributed by atoms with van der Waals surface area (Å²) in [5.74, 6) is -0.0506. The molecule has 0 bridgehead atoms. The van der Waals surface area contributed by atoms with Crippen LogP contribution in [0, 0.1) is 0 Å². The van der Waals surface area contributed by atoms with Crippen molar-refractivity contribution in [3.63, 3.8) is 0 Å². The lowest BCUT2D eigenvalue weighted by Gasteiger charge is -2.16. The van der Waals surface area contributed by atoms with E-state index in [4.69, 9.17) is 14.2 Å². The van der Waals surface area contributed by atoms with Gasteiger partial charge in [0.15, 0.2) is 11.5 Å². The Morgan fingerprint density at radius 3 is 2.19 bits per heavy atom. The summed E-state index contributed by atoms with van der Waals surface area (Å²) in [6.45, 7) is 0. The van der Waals surface area contributed by atoms with Crippen LogP contribution >= 0.6 is 11.8 Å². The SMILES string of the molecule is COc1cc2nc(-c3ccc(SC)cc3)cc(C(=O)O)c2c(OC)c1OC. The summed E-state index contributed by atoms with van der Waals surface area (Å²) < 4.78 is 16.2. The van der Waals surface area contributed by atoms with Crippen molar-refractivity contribution in [3.8, 4) is 28.5 Å². The van der Waals surface area contributed by atoms with Crippen LogP contribution in [0.3, 0.4) is 0 Å². The van der Waals surface area contributed by atoms with E-state index in [0.717, 1.165) is 10.5 Å². The first-order valence-corrected chi connectivity index (χ1v) is 9.28. The van der Waals surface area contributed by atoms with Crippen LogP contribution in [0.15, 0.2) is 41.3 Å². The van der Waals surface area contributed by atoms with Gasteiger partial charge in [0.1, 0.15) is 0 Å². The van der Waals surface area contributed by atoms with Gasteiger partial charge in [-0.2, -0.15) is 0 Å². The predicted octanol–water partition coefficient (Wildman–Crippen LogP) is 4.35. The number of ether oxygens (including phenoxy) is 3. The third kappa shape index (κ3) is 3.38. The summed E-state index contributed by atoms with van der Waals surface area (Å²) in [6.07, 6.45) is 2.00. The van der Waals surface area contributed by atoms with Gasteiger partial charge in [0.2, 0.25) is 5.75 Å². The fraction of sp³-hybridized carbons (Fsp3) is 0.200. The summed E-state index contributed by atoms with van der Waals surface area (Å²) in [5.41, 5.74) is 1.92. The second-order valence-corrected chi connectivity index (χ2v) is 6.51. The quantitative estimate of drug-likeness (QED) is 0.632. The molecule has 0 fully saturated rings. The van der Waals surface area contributed by atoms with Crippen molar-refractivity contribution in [2.45, 2.75) is 4.90 Å². The topological polar surface area (TPSA) is 77.9 Å². The Labute approximate surface area is 161 Å². The van der Waals surface area contributed by atoms with E-state index in [9.17, 15) is 9.90 Å². The maximum absolute atomic E-state index is 12.0. The monoisotopic (exact) mass is 385 g/mol. The molecule has 0 aliphatic heterocycles. The highest BCUT2D eigenvalue weighted by atomic mass is 32.2. The third-order valence-corrected chi connectivity index (χ3v) is 4.96. The first-order valence-electron chi connectivity index (χ1n) is 8.05. The molecule has 0 atom stereocenters. The molecule has 0 aliphatic rings. The molecule has 0 spiro atoms. The molecule has 7 heteroatoms. The summed E-state index contributed by atoms with van der Waals surface area (Å²) in [4.78, 5) is 17.7. The van der Waals surface area contributed by atoms with E-state index in [2.05, 4.69) is 4.98 Å². The number of benzene rings is 2. The highest BCUT2D eigenvalue weighted by Gasteiger charge is 2.23. The van der Waals surface area contributed by atoms with Crippen LogP contribution < -0.4 is 14.2 Å². The van der Waals surface area contributed by atoms with Crippen molar-refractivity contribution >= 4 is 28.6 Å². The molecule has 1 aromatic heterocycles. The number of hydrogen-bond donors (Lipinski definition) is 1. The molecule has 0 aliphatic carbocycles. The van der Waals surface area contributed by atoms with Gasteiger partial charge in [-0.15, -0.1) is 11.8 Å². The average molecular weight is 385 g/mol. The Bertz CT molecular complexity index is 1000. The molecule has 6 nitrogen and oxygen atoms in total. The number of methoxy groups -OCH3 is 3. The maximum atomic E-state index is 12.0. The second-order valence-electron chi connectivity index (χ2n) is 5.63. The second kappa shape index (κ2) is 7.75. The number of pyridine rings is 1. The fourth-order valence-electron chi connectivity index (χ4n) is 2.94. The van der Waals surface area contributed by atoms with E-state index >= 15 is 0 Å². The van der Waals surface area contributed by atoms with Crippen LogP contribution in [0.4, 0.5) is 0 Å². The first-order chi connectivity index (χ1) is 13.0. The van der Waals surface area contributed by atoms with Crippen LogP contribution in [-0.4, -0.2) is 43.6 Å². The molecular weight excluding hydrogens is 366 g/mol. The molecule has 140 valence electrons. The van der Waals surface area contributed by atoms with Crippen LogP contribution in [0.2, 0.25) is 0 Å². The van der Waals surface area contributed by atoms with Crippen LogP contribution in [0.25, 0.3) is 22.2 Å². The Kier molecular flexibility index (Phi) is 5.41. The summed E-state index contributed by atoms with van der Waals surface area (Å²) in [5, 5.41) is 10.2. The number of carboxylic acid groups (broad SMARTS) is 1. The Morgan fingerprint density at radius 1 is 1.00 bits per heavy atom. The summed E-state index contributed by atoms with van der Waals surface area (Å²) >= 11 is 1.64. The number of carbonyl (C=O) groups is 1. The standard InChI is InChI=1S/C20H19NO5S/c1-24-16-10-15-17(19(26-3)18(16)25-2)13(20(22)23)9-14(21-15)11-5-7-12(27-4)8-6-11/h5-10H,1-4H3,(H,22,23). The van der Waals surface area contributed by atoms with Crippen molar-refractivity contribution in [2.24, 2.45) is 0 Å². The zero-order valence-electron chi connectivity index (χ0n) is 15.4. The number of thioether (sulfide) groups is 1. The third-order valence-electron chi connectivity index (χ3n) is 4.22. The highest BCUT2D eigenvalue weighted by molar-refractivity contribution is 7.98. The number of hydrogen-bond acceptors (Lipinski definition) is 6. The predicted molar refractivity (Wildman–Crippen MR) is 106 cm³/mol. The van der Waals surface area contributed by atoms with Crippen molar-refractivity contribution < 1.29 is 24.1 Å². The van der Waals surface area contributed by atoms with Gasteiger partial charge < -0.3 is 19.3 Å². The molecule has 1 heterocycles. The Hall–Kier alpha value is -2.93. The maximum Gasteiger partial charge on any atom is 0.336 e. The van der Waals surface area contributed by atoms with E-state index in [1.165, 1.54) is 21.3 Å². The van der Waals surface area contributed by atoms with Gasteiger partial charge in [0, 0.05) is 16.5 Å². The van der Waals surface area contributed by atoms with Gasteiger partial charge in [-0.1, -0.05) is 12.1 Å². The normalized spacial score (nSPS) is 10.7. The lowest BCUT2D eigenvalue weighted by molar-refractivity contribution is 0.0698. The molecule has 0 radical (unpaired) electrons. The molecule has 0 amide bonds. The van der Waals surface area contributed by atoms with E-state index in [0.29, 0.717) is 28.1 Å². The Morgan fingerprint density at radius 2 is 1.67 bits per heavy atom. The number of fused-ring (bicyclic) bond motifs is 1. The molecule has 2 aromatic carbocycles. The fourth-order valence-corrected chi connectivity index (χ4v) is 3.35. The number of carboxylic acids is 1. The highest BCUT2D eigenvalue weighted by Crippen LogP contribution is 2.44. The van der Waals surface area contributed by atoms with Gasteiger partial charge in [-0.3, -0.25) is 0 Å². The zero-order valence-corrected chi connectivity index (χ0v) is 16.2. The summed E-state index contributed by atoms with van der Waals surface area (Å²) in [6, 6.07) is 11.0. The zero-order chi connectivity index (χ0) is 19.6. The molecule has 0 unspecified atom stereocenters.